The summed E-state index contributed by atoms with van der Waals surface area (Å²) in [6.45, 7) is 2.56. The Balaban J connectivity index is 1.67. The number of rotatable bonds is 6. The number of nitrogens with zero attached hydrogens (tertiary/aromatic N) is 4. The molecule has 3 heterocycles. The van der Waals surface area contributed by atoms with Gasteiger partial charge in [-0.25, -0.2) is 0 Å². The number of aromatic nitrogens is 4. The van der Waals surface area contributed by atoms with Crippen LogP contribution >= 0.6 is 11.8 Å². The Labute approximate surface area is 203 Å². The van der Waals surface area contributed by atoms with Crippen molar-refractivity contribution in [1.29, 1.82) is 0 Å². The normalized spacial score (nSPS) is 16.6. The molecule has 0 unspecified atom stereocenters. The van der Waals surface area contributed by atoms with Crippen molar-refractivity contribution in [3.63, 3.8) is 0 Å². The molecule has 0 radical (unpaired) electrons. The number of furan rings is 1. The van der Waals surface area contributed by atoms with Crippen molar-refractivity contribution in [2.24, 2.45) is 0 Å². The van der Waals surface area contributed by atoms with Gasteiger partial charge in [-0.05, 0) is 43.4 Å². The first-order chi connectivity index (χ1) is 16.7. The van der Waals surface area contributed by atoms with Gasteiger partial charge in [0, 0.05) is 22.3 Å². The molecule has 176 valence electrons. The van der Waals surface area contributed by atoms with Crippen LogP contribution in [0, 0.1) is 0 Å². The van der Waals surface area contributed by atoms with Gasteiger partial charge in [0.05, 0.1) is 18.5 Å². The van der Waals surface area contributed by atoms with E-state index in [1.54, 1.807) is 22.6 Å². The van der Waals surface area contributed by atoms with Crippen LogP contribution in [0.25, 0.3) is 17.0 Å². The zero-order chi connectivity index (χ0) is 23.1. The topological polar surface area (TPSA) is 65.3 Å². The summed E-state index contributed by atoms with van der Waals surface area (Å²) in [6, 6.07) is 12.4. The maximum absolute atomic E-state index is 14.3. The lowest BCUT2D eigenvalue weighted by molar-refractivity contribution is 0.283. The Morgan fingerprint density at radius 1 is 1.09 bits per heavy atom. The average Bonchev–Trinajstić information content (AvgIpc) is 3.52. The molecule has 1 aromatic carbocycles. The van der Waals surface area contributed by atoms with E-state index in [2.05, 4.69) is 45.8 Å². The summed E-state index contributed by atoms with van der Waals surface area (Å²) in [6.07, 6.45) is 10.5. The number of unbranched alkanes of at least 4 members (excludes halogenated alkanes) is 1. The summed E-state index contributed by atoms with van der Waals surface area (Å²) in [7, 11) is 0. The summed E-state index contributed by atoms with van der Waals surface area (Å²) in [4.78, 5) is 14.3. The van der Waals surface area contributed by atoms with E-state index in [1.165, 1.54) is 12.0 Å². The van der Waals surface area contributed by atoms with E-state index in [4.69, 9.17) is 4.42 Å². The zero-order valence-corrected chi connectivity index (χ0v) is 20.4. The first kappa shape index (κ1) is 21.7. The van der Waals surface area contributed by atoms with Gasteiger partial charge in [-0.2, -0.15) is 0 Å². The van der Waals surface area contributed by atoms with Crippen molar-refractivity contribution in [3.8, 4) is 11.3 Å². The van der Waals surface area contributed by atoms with Crippen molar-refractivity contribution in [1.82, 2.24) is 19.2 Å². The van der Waals surface area contributed by atoms with Gasteiger partial charge in [-0.15, -0.1) is 10.2 Å². The third kappa shape index (κ3) is 3.44. The fourth-order valence-corrected chi connectivity index (χ4v) is 6.94. The van der Waals surface area contributed by atoms with Gasteiger partial charge in [-0.3, -0.25) is 13.8 Å². The van der Waals surface area contributed by atoms with Crippen LogP contribution in [0.4, 0.5) is 0 Å². The second-order valence-electron chi connectivity index (χ2n) is 9.69. The number of fused-ring (bicyclic) bond motifs is 6. The van der Waals surface area contributed by atoms with E-state index >= 15 is 0 Å². The van der Waals surface area contributed by atoms with Crippen molar-refractivity contribution >= 4 is 17.5 Å². The quantitative estimate of drug-likeness (QED) is 0.259. The monoisotopic (exact) mass is 474 g/mol. The van der Waals surface area contributed by atoms with Gasteiger partial charge < -0.3 is 4.42 Å². The molecule has 6 rings (SSSR count). The molecule has 0 aliphatic heterocycles. The molecule has 0 amide bonds. The summed E-state index contributed by atoms with van der Waals surface area (Å²) < 4.78 is 9.61. The minimum absolute atomic E-state index is 0.0628. The van der Waals surface area contributed by atoms with Gasteiger partial charge in [-0.1, -0.05) is 68.6 Å². The fourth-order valence-electron chi connectivity index (χ4n) is 5.92. The summed E-state index contributed by atoms with van der Waals surface area (Å²) in [5.41, 5.74) is 4.39. The largest absolute Gasteiger partial charge is 0.467 e. The van der Waals surface area contributed by atoms with Gasteiger partial charge in [0.1, 0.15) is 5.76 Å². The first-order valence-corrected chi connectivity index (χ1v) is 13.5. The van der Waals surface area contributed by atoms with E-state index < -0.39 is 0 Å². The highest BCUT2D eigenvalue weighted by atomic mass is 32.2. The van der Waals surface area contributed by atoms with Crippen LogP contribution in [-0.4, -0.2) is 24.9 Å². The molecule has 6 nitrogen and oxygen atoms in total. The molecule has 0 bridgehead atoms. The van der Waals surface area contributed by atoms with Gasteiger partial charge in [0.2, 0.25) is 5.78 Å². The molecule has 3 aromatic heterocycles. The SMILES string of the molecule is CCCCSc1nnc2n(Cc3ccco3)c(=O)c3c(n12)-c1ccccc1CC31CCCCC1. The van der Waals surface area contributed by atoms with Crippen LogP contribution < -0.4 is 5.56 Å². The molecular formula is C27H30N4O2S. The second-order valence-corrected chi connectivity index (χ2v) is 10.8. The second kappa shape index (κ2) is 8.77. The maximum Gasteiger partial charge on any atom is 0.259 e. The van der Waals surface area contributed by atoms with E-state index in [0.29, 0.717) is 12.3 Å². The van der Waals surface area contributed by atoms with Gasteiger partial charge in [0.15, 0.2) is 5.16 Å². The van der Waals surface area contributed by atoms with E-state index in [0.717, 1.165) is 78.4 Å². The molecule has 1 saturated carbocycles. The Hall–Kier alpha value is -2.80. The van der Waals surface area contributed by atoms with E-state index in [-0.39, 0.29) is 11.0 Å². The average molecular weight is 475 g/mol. The van der Waals surface area contributed by atoms with E-state index in [1.807, 2.05) is 12.1 Å². The summed E-state index contributed by atoms with van der Waals surface area (Å²) in [5, 5.41) is 10.0. The predicted octanol–water partition coefficient (Wildman–Crippen LogP) is 5.85. The molecule has 0 atom stereocenters. The van der Waals surface area contributed by atoms with Crippen LogP contribution in [0.5, 0.6) is 0 Å². The number of thioether (sulfide) groups is 1. The molecule has 1 fully saturated rings. The highest BCUT2D eigenvalue weighted by Crippen LogP contribution is 2.49. The molecule has 2 aliphatic carbocycles. The van der Waals surface area contributed by atoms with Crippen LogP contribution in [0.15, 0.2) is 57.0 Å². The molecule has 0 N–H and O–H groups in total. The van der Waals surface area contributed by atoms with Crippen LogP contribution in [0.2, 0.25) is 0 Å². The summed E-state index contributed by atoms with van der Waals surface area (Å²) in [5.74, 6) is 2.33. The van der Waals surface area contributed by atoms with Crippen LogP contribution in [0.1, 0.15) is 68.8 Å². The first-order valence-electron chi connectivity index (χ1n) is 12.5. The predicted molar refractivity (Wildman–Crippen MR) is 135 cm³/mol. The van der Waals surface area contributed by atoms with Crippen LogP contribution in [0.3, 0.4) is 0 Å². The Bertz CT molecular complexity index is 1380. The van der Waals surface area contributed by atoms with Crippen molar-refractivity contribution < 1.29 is 4.42 Å². The molecule has 34 heavy (non-hydrogen) atoms. The van der Waals surface area contributed by atoms with Gasteiger partial charge in [0.25, 0.3) is 5.56 Å². The Morgan fingerprint density at radius 2 is 1.94 bits per heavy atom. The Morgan fingerprint density at radius 3 is 2.74 bits per heavy atom. The number of hydrogen-bond donors (Lipinski definition) is 0. The zero-order valence-electron chi connectivity index (χ0n) is 19.6. The molecule has 4 aromatic rings. The maximum atomic E-state index is 14.3. The standard InChI is InChI=1S/C27H30N4O2S/c1-2-3-16-34-26-29-28-25-30(18-20-11-9-15-33-20)24(32)22-23(31(25)26)21-12-6-5-10-19(21)17-27(22)13-7-4-8-14-27/h5-6,9-12,15H,2-4,7-8,13-14,16-18H2,1H3. The van der Waals surface area contributed by atoms with Crippen molar-refractivity contribution in [2.75, 3.05) is 5.75 Å². The fraction of sp³-hybridized carbons (Fsp3) is 0.444. The van der Waals surface area contributed by atoms with Crippen LogP contribution in [-0.2, 0) is 18.4 Å². The third-order valence-corrected chi connectivity index (χ3v) is 8.56. The van der Waals surface area contributed by atoms with Crippen molar-refractivity contribution in [3.05, 3.63) is 69.9 Å². The van der Waals surface area contributed by atoms with Gasteiger partial charge >= 0.3 is 0 Å². The third-order valence-electron chi connectivity index (χ3n) is 7.54. The molecular weight excluding hydrogens is 444 g/mol. The molecule has 2 aliphatic rings. The smallest absolute Gasteiger partial charge is 0.259 e. The summed E-state index contributed by atoms with van der Waals surface area (Å²) >= 11 is 1.74. The molecule has 1 spiro atoms. The highest BCUT2D eigenvalue weighted by molar-refractivity contribution is 7.99. The number of benzene rings is 1. The Kier molecular flexibility index (Phi) is 5.60. The molecule has 7 heteroatoms. The molecule has 0 saturated heterocycles. The lowest BCUT2D eigenvalue weighted by Crippen LogP contribution is -2.43. The lowest BCUT2D eigenvalue weighted by atomic mass is 9.62. The van der Waals surface area contributed by atoms with Crippen molar-refractivity contribution in [2.45, 2.75) is 75.4 Å². The minimum Gasteiger partial charge on any atom is -0.467 e. The number of hydrogen-bond acceptors (Lipinski definition) is 5. The lowest BCUT2D eigenvalue weighted by Gasteiger charge is -2.42. The highest BCUT2D eigenvalue weighted by Gasteiger charge is 2.44. The van der Waals surface area contributed by atoms with E-state index in [9.17, 15) is 4.79 Å². The minimum atomic E-state index is -0.131.